The number of hydrogen-bond donors (Lipinski definition) is 0. The van der Waals surface area contributed by atoms with Gasteiger partial charge in [-0.25, -0.2) is 0 Å². The Balaban J connectivity index is 1.03. The number of nitrogens with zero attached hydrogens (tertiary/aromatic N) is 2. The van der Waals surface area contributed by atoms with Crippen molar-refractivity contribution in [3.8, 4) is 27.9 Å². The van der Waals surface area contributed by atoms with Crippen LogP contribution in [0.5, 0.6) is 0 Å². The summed E-state index contributed by atoms with van der Waals surface area (Å²) in [7, 11) is 0. The van der Waals surface area contributed by atoms with Crippen molar-refractivity contribution in [2.24, 2.45) is 0 Å². The third kappa shape index (κ3) is 5.04. The second-order valence-electron chi connectivity index (χ2n) is 13.4. The molecule has 0 N–H and O–H groups in total. The molecule has 0 amide bonds. The number of rotatable bonds is 6. The summed E-state index contributed by atoms with van der Waals surface area (Å²) in [4.78, 5) is 2.38. The maximum absolute atomic E-state index is 2.41. The van der Waals surface area contributed by atoms with Gasteiger partial charge in [0.15, 0.2) is 0 Å². The van der Waals surface area contributed by atoms with Gasteiger partial charge in [0, 0.05) is 33.1 Å². The van der Waals surface area contributed by atoms with Gasteiger partial charge in [-0.15, -0.1) is 0 Å². The Kier molecular flexibility index (Phi) is 7.18. The molecule has 10 rings (SSSR count). The highest BCUT2D eigenvalue weighted by Crippen LogP contribution is 2.41. The first-order chi connectivity index (χ1) is 25.8. The van der Waals surface area contributed by atoms with Gasteiger partial charge in [0.05, 0.1) is 22.4 Å². The van der Waals surface area contributed by atoms with Gasteiger partial charge >= 0.3 is 0 Å². The minimum absolute atomic E-state index is 1.12. The van der Waals surface area contributed by atoms with Crippen LogP contribution in [0.2, 0.25) is 0 Å². The quantitative estimate of drug-likeness (QED) is 0.172. The second kappa shape index (κ2) is 12.5. The minimum atomic E-state index is 1.12. The minimum Gasteiger partial charge on any atom is -0.310 e. The zero-order chi connectivity index (χ0) is 34.4. The molecular formula is C50H34N2. The average molecular weight is 663 g/mol. The van der Waals surface area contributed by atoms with Crippen molar-refractivity contribution in [1.29, 1.82) is 0 Å². The van der Waals surface area contributed by atoms with Crippen LogP contribution in [0.3, 0.4) is 0 Å². The highest BCUT2D eigenvalue weighted by atomic mass is 15.1. The molecule has 1 heterocycles. The molecule has 9 aromatic carbocycles. The summed E-state index contributed by atoms with van der Waals surface area (Å²) in [6.45, 7) is 0. The van der Waals surface area contributed by atoms with Crippen molar-refractivity contribution in [3.63, 3.8) is 0 Å². The van der Waals surface area contributed by atoms with Crippen LogP contribution in [0.4, 0.5) is 17.1 Å². The molecule has 0 fully saturated rings. The van der Waals surface area contributed by atoms with Gasteiger partial charge in [-0.1, -0.05) is 158 Å². The van der Waals surface area contributed by atoms with Crippen LogP contribution in [0.1, 0.15) is 0 Å². The van der Waals surface area contributed by atoms with Crippen LogP contribution in [0.15, 0.2) is 206 Å². The fourth-order valence-electron chi connectivity index (χ4n) is 7.89. The van der Waals surface area contributed by atoms with E-state index in [1.54, 1.807) is 0 Å². The lowest BCUT2D eigenvalue weighted by molar-refractivity contribution is 1.18. The van der Waals surface area contributed by atoms with Crippen molar-refractivity contribution in [2.75, 3.05) is 4.90 Å². The van der Waals surface area contributed by atoms with Gasteiger partial charge in [0.25, 0.3) is 0 Å². The SMILES string of the molecule is c1ccc(-n2c3ccccc3c3ccccc32)c(-c2ccc(-c3ccc(N(c4ccc5ccccc5c4)c4cccc5ccccc45)cc3)cc2)c1. The van der Waals surface area contributed by atoms with E-state index in [2.05, 4.69) is 216 Å². The molecule has 0 aliphatic heterocycles. The molecule has 10 aromatic rings. The molecule has 2 heteroatoms. The van der Waals surface area contributed by atoms with Crippen LogP contribution in [-0.2, 0) is 0 Å². The van der Waals surface area contributed by atoms with Crippen LogP contribution in [-0.4, -0.2) is 4.57 Å². The lowest BCUT2D eigenvalue weighted by Gasteiger charge is -2.27. The molecule has 0 unspecified atom stereocenters. The molecule has 0 atom stereocenters. The standard InChI is InChI=1S/C50H34N2/c1-2-14-40-34-42(33-30-35(40)12-1)51(47-23-11-15-38-13-3-4-16-43(38)47)41-31-28-37(29-32-41)36-24-26-39(27-25-36)44-17-5-8-20-48(44)52-49-21-9-6-18-45(49)46-19-7-10-22-50(46)52/h1-34H. The highest BCUT2D eigenvalue weighted by Gasteiger charge is 2.17. The summed E-state index contributed by atoms with van der Waals surface area (Å²) in [6.07, 6.45) is 0. The molecule has 244 valence electrons. The summed E-state index contributed by atoms with van der Waals surface area (Å²) < 4.78 is 2.41. The van der Waals surface area contributed by atoms with E-state index < -0.39 is 0 Å². The summed E-state index contributed by atoms with van der Waals surface area (Å²) >= 11 is 0. The molecule has 0 saturated carbocycles. The molecule has 0 aliphatic rings. The average Bonchev–Trinajstić information content (AvgIpc) is 3.56. The Morgan fingerprint density at radius 2 is 0.846 bits per heavy atom. The molecular weight excluding hydrogens is 629 g/mol. The zero-order valence-corrected chi connectivity index (χ0v) is 28.5. The first-order valence-electron chi connectivity index (χ1n) is 17.9. The normalized spacial score (nSPS) is 11.5. The fourth-order valence-corrected chi connectivity index (χ4v) is 7.89. The first-order valence-corrected chi connectivity index (χ1v) is 17.9. The number of anilines is 3. The number of para-hydroxylation sites is 3. The largest absolute Gasteiger partial charge is 0.310 e. The summed E-state index contributed by atoms with van der Waals surface area (Å²) in [5.74, 6) is 0. The van der Waals surface area contributed by atoms with E-state index in [-0.39, 0.29) is 0 Å². The topological polar surface area (TPSA) is 8.17 Å². The van der Waals surface area contributed by atoms with E-state index in [0.717, 1.165) is 17.1 Å². The molecule has 2 nitrogen and oxygen atoms in total. The maximum Gasteiger partial charge on any atom is 0.0541 e. The van der Waals surface area contributed by atoms with Gasteiger partial charge in [0.2, 0.25) is 0 Å². The third-order valence-electron chi connectivity index (χ3n) is 10.4. The maximum atomic E-state index is 2.41. The van der Waals surface area contributed by atoms with Crippen LogP contribution in [0.25, 0.3) is 71.3 Å². The monoisotopic (exact) mass is 662 g/mol. The Morgan fingerprint density at radius 3 is 1.58 bits per heavy atom. The summed E-state index contributed by atoms with van der Waals surface area (Å²) in [5.41, 5.74) is 11.8. The van der Waals surface area contributed by atoms with Crippen molar-refractivity contribution < 1.29 is 0 Å². The smallest absolute Gasteiger partial charge is 0.0541 e. The Labute approximate surface area is 303 Å². The number of benzene rings is 9. The molecule has 0 spiro atoms. The predicted molar refractivity (Wildman–Crippen MR) is 221 cm³/mol. The second-order valence-corrected chi connectivity index (χ2v) is 13.4. The predicted octanol–water partition coefficient (Wildman–Crippen LogP) is 13.9. The third-order valence-corrected chi connectivity index (χ3v) is 10.4. The van der Waals surface area contributed by atoms with E-state index >= 15 is 0 Å². The number of hydrogen-bond acceptors (Lipinski definition) is 1. The lowest BCUT2D eigenvalue weighted by Crippen LogP contribution is -2.10. The van der Waals surface area contributed by atoms with Crippen LogP contribution < -0.4 is 4.90 Å². The van der Waals surface area contributed by atoms with Crippen molar-refractivity contribution in [1.82, 2.24) is 4.57 Å². The van der Waals surface area contributed by atoms with E-state index in [1.165, 1.54) is 71.3 Å². The van der Waals surface area contributed by atoms with E-state index in [9.17, 15) is 0 Å². The van der Waals surface area contributed by atoms with Gasteiger partial charge in [0.1, 0.15) is 0 Å². The van der Waals surface area contributed by atoms with Gasteiger partial charge in [-0.2, -0.15) is 0 Å². The first kappa shape index (κ1) is 30.0. The summed E-state index contributed by atoms with van der Waals surface area (Å²) in [5, 5.41) is 7.45. The zero-order valence-electron chi connectivity index (χ0n) is 28.5. The number of fused-ring (bicyclic) bond motifs is 5. The molecule has 0 saturated heterocycles. The number of aromatic nitrogens is 1. The van der Waals surface area contributed by atoms with Gasteiger partial charge in [-0.3, -0.25) is 0 Å². The van der Waals surface area contributed by atoms with E-state index in [1.807, 2.05) is 0 Å². The molecule has 1 aromatic heterocycles. The van der Waals surface area contributed by atoms with Gasteiger partial charge < -0.3 is 9.47 Å². The van der Waals surface area contributed by atoms with E-state index in [0.29, 0.717) is 0 Å². The Hall–Kier alpha value is -6.90. The van der Waals surface area contributed by atoms with Crippen molar-refractivity contribution >= 4 is 60.4 Å². The molecule has 52 heavy (non-hydrogen) atoms. The summed E-state index contributed by atoms with van der Waals surface area (Å²) in [6, 6.07) is 74.6. The van der Waals surface area contributed by atoms with Crippen molar-refractivity contribution in [2.45, 2.75) is 0 Å². The highest BCUT2D eigenvalue weighted by molar-refractivity contribution is 6.09. The van der Waals surface area contributed by atoms with E-state index in [4.69, 9.17) is 0 Å². The molecule has 0 radical (unpaired) electrons. The van der Waals surface area contributed by atoms with Crippen LogP contribution in [0, 0.1) is 0 Å². The Bertz CT molecular complexity index is 2840. The van der Waals surface area contributed by atoms with Crippen LogP contribution >= 0.6 is 0 Å². The fraction of sp³-hybridized carbons (Fsp3) is 0. The lowest BCUT2D eigenvalue weighted by atomic mass is 9.98. The molecule has 0 bridgehead atoms. The van der Waals surface area contributed by atoms with Crippen molar-refractivity contribution in [3.05, 3.63) is 206 Å². The molecule has 0 aliphatic carbocycles. The Morgan fingerprint density at radius 1 is 0.327 bits per heavy atom. The van der Waals surface area contributed by atoms with Gasteiger partial charge in [-0.05, 0) is 81.4 Å².